The van der Waals surface area contributed by atoms with Crippen molar-refractivity contribution >= 4 is 27.5 Å². The van der Waals surface area contributed by atoms with Crippen molar-refractivity contribution in [3.8, 4) is 0 Å². The summed E-state index contributed by atoms with van der Waals surface area (Å²) in [5.74, 6) is -0.702. The second-order valence-electron chi connectivity index (χ2n) is 9.11. The molecule has 1 aliphatic carbocycles. The van der Waals surface area contributed by atoms with Crippen molar-refractivity contribution < 1.29 is 18.0 Å². The number of amides is 2. The molecule has 2 amide bonds. The molecule has 0 atom stereocenters. The summed E-state index contributed by atoms with van der Waals surface area (Å²) >= 11 is 0. The maximum absolute atomic E-state index is 13.2. The van der Waals surface area contributed by atoms with Crippen molar-refractivity contribution in [1.82, 2.24) is 9.62 Å². The molecule has 1 saturated heterocycles. The monoisotopic (exact) mass is 483 g/mol. The SMILES string of the molecule is CCCNC(=O)c1ccccc1NC(=O)C1CCN(S(=O)(=O)c2ccc3c(c2)CCCC3)CC1. The molecule has 34 heavy (non-hydrogen) atoms. The fraction of sp³-hybridized carbons (Fsp3) is 0.462. The van der Waals surface area contributed by atoms with Gasteiger partial charge in [0.15, 0.2) is 0 Å². The number of carbonyl (C=O) groups excluding carboxylic acids is 2. The van der Waals surface area contributed by atoms with Crippen LogP contribution in [0.4, 0.5) is 5.69 Å². The number of benzene rings is 2. The Morgan fingerprint density at radius 3 is 2.44 bits per heavy atom. The molecule has 0 spiro atoms. The lowest BCUT2D eigenvalue weighted by Gasteiger charge is -2.31. The molecular formula is C26H33N3O4S. The van der Waals surface area contributed by atoms with E-state index in [1.165, 1.54) is 9.87 Å². The minimum atomic E-state index is -3.58. The Balaban J connectivity index is 1.39. The summed E-state index contributed by atoms with van der Waals surface area (Å²) in [5.41, 5.74) is 3.30. The van der Waals surface area contributed by atoms with Crippen LogP contribution in [0.15, 0.2) is 47.4 Å². The van der Waals surface area contributed by atoms with Crippen molar-refractivity contribution in [2.45, 2.75) is 56.8 Å². The van der Waals surface area contributed by atoms with Crippen LogP contribution < -0.4 is 10.6 Å². The summed E-state index contributed by atoms with van der Waals surface area (Å²) in [5, 5.41) is 5.72. The zero-order valence-corrected chi connectivity index (χ0v) is 20.5. The number of aryl methyl sites for hydroxylation is 2. The molecule has 8 heteroatoms. The fourth-order valence-electron chi connectivity index (χ4n) is 4.74. The number of sulfonamides is 1. The summed E-state index contributed by atoms with van der Waals surface area (Å²) in [4.78, 5) is 25.7. The quantitative estimate of drug-likeness (QED) is 0.627. The number of para-hydroxylation sites is 1. The number of carbonyl (C=O) groups is 2. The number of hydrogen-bond acceptors (Lipinski definition) is 4. The van der Waals surface area contributed by atoms with Crippen LogP contribution in [0.1, 0.15) is 60.5 Å². The highest BCUT2D eigenvalue weighted by molar-refractivity contribution is 7.89. The zero-order valence-electron chi connectivity index (χ0n) is 19.7. The van der Waals surface area contributed by atoms with E-state index in [0.717, 1.165) is 37.7 Å². The molecule has 4 rings (SSSR count). The highest BCUT2D eigenvalue weighted by Gasteiger charge is 2.33. The average Bonchev–Trinajstić information content (AvgIpc) is 2.87. The van der Waals surface area contributed by atoms with Gasteiger partial charge in [0, 0.05) is 25.6 Å². The Hall–Kier alpha value is -2.71. The summed E-state index contributed by atoms with van der Waals surface area (Å²) < 4.78 is 27.9. The number of anilines is 1. The molecule has 1 fully saturated rings. The number of hydrogen-bond donors (Lipinski definition) is 2. The Labute approximate surface area is 202 Å². The molecule has 2 N–H and O–H groups in total. The van der Waals surface area contributed by atoms with Gasteiger partial charge in [-0.3, -0.25) is 9.59 Å². The number of rotatable bonds is 7. The minimum absolute atomic E-state index is 0.179. The van der Waals surface area contributed by atoms with Crippen LogP contribution in [-0.2, 0) is 27.7 Å². The largest absolute Gasteiger partial charge is 0.352 e. The first kappa shape index (κ1) is 24.4. The molecule has 0 radical (unpaired) electrons. The first-order valence-corrected chi connectivity index (χ1v) is 13.6. The van der Waals surface area contributed by atoms with E-state index in [4.69, 9.17) is 0 Å². The molecular weight excluding hydrogens is 450 g/mol. The highest BCUT2D eigenvalue weighted by Crippen LogP contribution is 2.29. The molecule has 7 nitrogen and oxygen atoms in total. The van der Waals surface area contributed by atoms with Gasteiger partial charge in [0.25, 0.3) is 5.91 Å². The van der Waals surface area contributed by atoms with Crippen LogP contribution in [0.25, 0.3) is 0 Å². The van der Waals surface area contributed by atoms with E-state index in [9.17, 15) is 18.0 Å². The molecule has 0 bridgehead atoms. The first-order chi connectivity index (χ1) is 16.4. The third-order valence-electron chi connectivity index (χ3n) is 6.75. The topological polar surface area (TPSA) is 95.6 Å². The van der Waals surface area contributed by atoms with Gasteiger partial charge >= 0.3 is 0 Å². The third-order valence-corrected chi connectivity index (χ3v) is 8.64. The van der Waals surface area contributed by atoms with Crippen LogP contribution >= 0.6 is 0 Å². The van der Waals surface area contributed by atoms with Crippen molar-refractivity contribution in [3.63, 3.8) is 0 Å². The summed E-state index contributed by atoms with van der Waals surface area (Å²) in [6, 6.07) is 12.5. The highest BCUT2D eigenvalue weighted by atomic mass is 32.2. The van der Waals surface area contributed by atoms with Crippen LogP contribution in [-0.4, -0.2) is 44.2 Å². The molecule has 182 valence electrons. The predicted octanol–water partition coefficient (Wildman–Crippen LogP) is 3.74. The van der Waals surface area contributed by atoms with Gasteiger partial charge in [-0.05, 0) is 80.3 Å². The van der Waals surface area contributed by atoms with E-state index in [0.29, 0.717) is 48.6 Å². The lowest BCUT2D eigenvalue weighted by molar-refractivity contribution is -0.120. The molecule has 0 unspecified atom stereocenters. The second kappa shape index (κ2) is 10.7. The Morgan fingerprint density at radius 2 is 1.71 bits per heavy atom. The molecule has 0 aromatic heterocycles. The van der Waals surface area contributed by atoms with Crippen LogP contribution in [0.2, 0.25) is 0 Å². The number of nitrogens with one attached hydrogen (secondary N) is 2. The Kier molecular flexibility index (Phi) is 7.68. The Morgan fingerprint density at radius 1 is 1.00 bits per heavy atom. The van der Waals surface area contributed by atoms with Crippen LogP contribution in [0.5, 0.6) is 0 Å². The van der Waals surface area contributed by atoms with Gasteiger partial charge in [-0.25, -0.2) is 8.42 Å². The van der Waals surface area contributed by atoms with Gasteiger partial charge in [-0.2, -0.15) is 4.31 Å². The zero-order chi connectivity index (χ0) is 24.1. The standard InChI is InChI=1S/C26H33N3O4S/c1-2-15-27-26(31)23-9-5-6-10-24(23)28-25(30)20-13-16-29(17-14-20)34(32,33)22-12-11-19-7-3-4-8-21(19)18-22/h5-6,9-12,18,20H,2-4,7-8,13-17H2,1H3,(H,27,31)(H,28,30). The van der Waals surface area contributed by atoms with Crippen molar-refractivity contribution in [2.75, 3.05) is 25.0 Å². The minimum Gasteiger partial charge on any atom is -0.352 e. The maximum Gasteiger partial charge on any atom is 0.253 e. The van der Waals surface area contributed by atoms with Crippen LogP contribution in [0, 0.1) is 5.92 Å². The van der Waals surface area contributed by atoms with Crippen molar-refractivity contribution in [1.29, 1.82) is 0 Å². The normalized spacial score (nSPS) is 17.1. The maximum atomic E-state index is 13.2. The molecule has 2 aliphatic rings. The van der Waals surface area contributed by atoms with E-state index < -0.39 is 10.0 Å². The molecule has 2 aromatic carbocycles. The van der Waals surface area contributed by atoms with Gasteiger partial charge in [0.1, 0.15) is 0 Å². The number of piperidine rings is 1. The Bertz CT molecular complexity index is 1150. The van der Waals surface area contributed by atoms with E-state index >= 15 is 0 Å². The molecule has 1 heterocycles. The van der Waals surface area contributed by atoms with E-state index in [1.54, 1.807) is 30.3 Å². The average molecular weight is 484 g/mol. The molecule has 2 aromatic rings. The summed E-state index contributed by atoms with van der Waals surface area (Å²) in [7, 11) is -3.58. The van der Waals surface area contributed by atoms with Gasteiger partial charge in [0.2, 0.25) is 15.9 Å². The fourth-order valence-corrected chi connectivity index (χ4v) is 6.26. The van der Waals surface area contributed by atoms with Gasteiger partial charge in [-0.15, -0.1) is 0 Å². The lowest BCUT2D eigenvalue weighted by atomic mass is 9.92. The lowest BCUT2D eigenvalue weighted by Crippen LogP contribution is -2.41. The smallest absolute Gasteiger partial charge is 0.253 e. The predicted molar refractivity (Wildman–Crippen MR) is 132 cm³/mol. The van der Waals surface area contributed by atoms with Crippen molar-refractivity contribution in [2.24, 2.45) is 5.92 Å². The van der Waals surface area contributed by atoms with E-state index in [1.807, 2.05) is 19.1 Å². The van der Waals surface area contributed by atoms with Gasteiger partial charge in [0.05, 0.1) is 16.1 Å². The van der Waals surface area contributed by atoms with Gasteiger partial charge < -0.3 is 10.6 Å². The summed E-state index contributed by atoms with van der Waals surface area (Å²) in [6.45, 7) is 3.15. The van der Waals surface area contributed by atoms with Gasteiger partial charge in [-0.1, -0.05) is 25.1 Å². The summed E-state index contributed by atoms with van der Waals surface area (Å²) in [6.07, 6.45) is 5.91. The third kappa shape index (κ3) is 5.33. The van der Waals surface area contributed by atoms with Crippen molar-refractivity contribution in [3.05, 3.63) is 59.2 Å². The van der Waals surface area contributed by atoms with E-state index in [-0.39, 0.29) is 17.7 Å². The van der Waals surface area contributed by atoms with Crippen LogP contribution in [0.3, 0.4) is 0 Å². The molecule has 0 saturated carbocycles. The van der Waals surface area contributed by atoms with E-state index in [2.05, 4.69) is 10.6 Å². The first-order valence-electron chi connectivity index (χ1n) is 12.2. The number of nitrogens with zero attached hydrogens (tertiary/aromatic N) is 1. The molecule has 1 aliphatic heterocycles. The second-order valence-corrected chi connectivity index (χ2v) is 11.0. The number of fused-ring (bicyclic) bond motifs is 1.